The van der Waals surface area contributed by atoms with Gasteiger partial charge in [-0.05, 0) is 69.5 Å². The second-order valence-corrected chi connectivity index (χ2v) is 7.99. The molecule has 3 N–H and O–H groups in total. The molecule has 2 rings (SSSR count). The Hall–Kier alpha value is -3.35. The SMILES string of the molecule is COc1ccc(C(=O)C=Cc2ccc(O)cc2)c(O)c1CC=C(C)CC=CC(C)(C)OO. The van der Waals surface area contributed by atoms with E-state index in [0.29, 0.717) is 24.2 Å². The summed E-state index contributed by atoms with van der Waals surface area (Å²) in [5.74, 6) is 0.194. The second kappa shape index (κ2) is 11.3. The molecular weight excluding hydrogens is 408 g/mol. The maximum atomic E-state index is 12.7. The minimum Gasteiger partial charge on any atom is -0.508 e. The van der Waals surface area contributed by atoms with Gasteiger partial charge in [-0.25, -0.2) is 4.89 Å². The quantitative estimate of drug-likeness (QED) is 0.145. The van der Waals surface area contributed by atoms with E-state index in [4.69, 9.17) is 9.99 Å². The van der Waals surface area contributed by atoms with Crippen LogP contribution in [-0.2, 0) is 11.3 Å². The Bertz CT molecular complexity index is 1010. The summed E-state index contributed by atoms with van der Waals surface area (Å²) in [4.78, 5) is 17.0. The van der Waals surface area contributed by atoms with Gasteiger partial charge in [-0.15, -0.1) is 0 Å². The number of carbonyl (C=O) groups excluding carboxylic acids is 1. The van der Waals surface area contributed by atoms with Crippen molar-refractivity contribution in [1.29, 1.82) is 0 Å². The maximum absolute atomic E-state index is 12.7. The molecule has 0 aliphatic carbocycles. The predicted molar refractivity (Wildman–Crippen MR) is 125 cm³/mol. The zero-order chi connectivity index (χ0) is 23.7. The van der Waals surface area contributed by atoms with Crippen molar-refractivity contribution in [2.45, 2.75) is 39.2 Å². The van der Waals surface area contributed by atoms with E-state index in [-0.39, 0.29) is 22.8 Å². The van der Waals surface area contributed by atoms with Crippen LogP contribution in [0.15, 0.2) is 66.3 Å². The Morgan fingerprint density at radius 1 is 1.09 bits per heavy atom. The summed E-state index contributed by atoms with van der Waals surface area (Å²) in [6.07, 6.45) is 9.65. The molecule has 0 bridgehead atoms. The molecule has 6 heteroatoms. The van der Waals surface area contributed by atoms with Gasteiger partial charge in [0.05, 0.1) is 12.7 Å². The van der Waals surface area contributed by atoms with Crippen LogP contribution in [0.2, 0.25) is 0 Å². The molecule has 0 atom stereocenters. The van der Waals surface area contributed by atoms with Crippen LogP contribution in [0.3, 0.4) is 0 Å². The number of methoxy groups -OCH3 is 1. The molecule has 0 aliphatic rings. The predicted octanol–water partition coefficient (Wildman–Crippen LogP) is 5.71. The molecule has 32 heavy (non-hydrogen) atoms. The molecular formula is C26H30O6. The lowest BCUT2D eigenvalue weighted by molar-refractivity contribution is -0.297. The normalized spacial score (nSPS) is 12.6. The van der Waals surface area contributed by atoms with Crippen molar-refractivity contribution < 1.29 is 29.9 Å². The van der Waals surface area contributed by atoms with E-state index in [0.717, 1.165) is 11.1 Å². The van der Waals surface area contributed by atoms with Gasteiger partial charge < -0.3 is 14.9 Å². The summed E-state index contributed by atoms with van der Waals surface area (Å²) in [7, 11) is 1.51. The minimum absolute atomic E-state index is 0.112. The summed E-state index contributed by atoms with van der Waals surface area (Å²) < 4.78 is 5.37. The van der Waals surface area contributed by atoms with Crippen molar-refractivity contribution >= 4 is 11.9 Å². The molecule has 0 saturated heterocycles. The molecule has 0 saturated carbocycles. The van der Waals surface area contributed by atoms with Gasteiger partial charge in [0.15, 0.2) is 5.78 Å². The highest BCUT2D eigenvalue weighted by atomic mass is 17.1. The third-order valence-electron chi connectivity index (χ3n) is 4.89. The second-order valence-electron chi connectivity index (χ2n) is 7.99. The molecule has 0 radical (unpaired) electrons. The third kappa shape index (κ3) is 7.11. The lowest BCUT2D eigenvalue weighted by atomic mass is 9.99. The van der Waals surface area contributed by atoms with Gasteiger partial charge in [0.1, 0.15) is 22.8 Å². The van der Waals surface area contributed by atoms with Crippen LogP contribution in [0.4, 0.5) is 0 Å². The van der Waals surface area contributed by atoms with Crippen LogP contribution >= 0.6 is 0 Å². The van der Waals surface area contributed by atoms with E-state index in [1.54, 1.807) is 44.2 Å². The van der Waals surface area contributed by atoms with Gasteiger partial charge in [0.25, 0.3) is 0 Å². The third-order valence-corrected chi connectivity index (χ3v) is 4.89. The average molecular weight is 439 g/mol. The Morgan fingerprint density at radius 2 is 1.78 bits per heavy atom. The molecule has 2 aromatic carbocycles. The van der Waals surface area contributed by atoms with Gasteiger partial charge in [0.2, 0.25) is 0 Å². The van der Waals surface area contributed by atoms with Crippen molar-refractivity contribution in [3.8, 4) is 17.2 Å². The highest BCUT2D eigenvalue weighted by molar-refractivity contribution is 6.09. The summed E-state index contributed by atoms with van der Waals surface area (Å²) in [6, 6.07) is 9.66. The largest absolute Gasteiger partial charge is 0.508 e. The van der Waals surface area contributed by atoms with Crippen molar-refractivity contribution in [2.24, 2.45) is 0 Å². The first-order valence-electron chi connectivity index (χ1n) is 10.2. The van der Waals surface area contributed by atoms with E-state index in [2.05, 4.69) is 4.89 Å². The number of benzene rings is 2. The minimum atomic E-state index is -0.760. The van der Waals surface area contributed by atoms with E-state index < -0.39 is 5.60 Å². The summed E-state index contributed by atoms with van der Waals surface area (Å²) in [6.45, 7) is 5.43. The Morgan fingerprint density at radius 3 is 2.41 bits per heavy atom. The van der Waals surface area contributed by atoms with Gasteiger partial charge in [-0.3, -0.25) is 10.1 Å². The zero-order valence-electron chi connectivity index (χ0n) is 18.8. The van der Waals surface area contributed by atoms with Crippen molar-refractivity contribution in [2.75, 3.05) is 7.11 Å². The number of phenols is 2. The molecule has 0 fully saturated rings. The smallest absolute Gasteiger partial charge is 0.189 e. The first-order valence-corrected chi connectivity index (χ1v) is 10.2. The fraction of sp³-hybridized carbons (Fsp3) is 0.269. The van der Waals surface area contributed by atoms with Crippen LogP contribution in [-0.4, -0.2) is 34.0 Å². The zero-order valence-corrected chi connectivity index (χ0v) is 18.8. The highest BCUT2D eigenvalue weighted by Gasteiger charge is 2.16. The number of carbonyl (C=O) groups is 1. The fourth-order valence-corrected chi connectivity index (χ4v) is 2.97. The summed E-state index contributed by atoms with van der Waals surface area (Å²) in [5.41, 5.74) is 1.75. The molecule has 0 aliphatic heterocycles. The Labute approximate surface area is 188 Å². The monoisotopic (exact) mass is 438 g/mol. The van der Waals surface area contributed by atoms with Crippen molar-refractivity contribution in [1.82, 2.24) is 0 Å². The lowest BCUT2D eigenvalue weighted by Crippen LogP contribution is -2.18. The first-order chi connectivity index (χ1) is 15.2. The first kappa shape index (κ1) is 24.9. The van der Waals surface area contributed by atoms with Gasteiger partial charge in [0, 0.05) is 5.56 Å². The van der Waals surface area contributed by atoms with E-state index in [9.17, 15) is 15.0 Å². The Balaban J connectivity index is 2.20. The molecule has 0 spiro atoms. The lowest BCUT2D eigenvalue weighted by Gasteiger charge is -2.14. The molecule has 2 aromatic rings. The highest BCUT2D eigenvalue weighted by Crippen LogP contribution is 2.33. The van der Waals surface area contributed by atoms with Gasteiger partial charge >= 0.3 is 0 Å². The van der Waals surface area contributed by atoms with Crippen LogP contribution in [0.1, 0.15) is 48.7 Å². The number of ether oxygens (including phenoxy) is 1. The molecule has 0 amide bonds. The topological polar surface area (TPSA) is 96.2 Å². The standard InChI is InChI=1S/C26H30O6/c1-18(6-5-17-26(2,3)32-30)7-13-22-24(31-4)16-14-21(25(22)29)23(28)15-10-19-8-11-20(27)12-9-19/h5,7-12,14-17,27,29-30H,6,13H2,1-4H3. The van der Waals surface area contributed by atoms with Crippen LogP contribution in [0.5, 0.6) is 17.2 Å². The van der Waals surface area contributed by atoms with Gasteiger partial charge in [-0.1, -0.05) is 42.0 Å². The number of phenolic OH excluding ortho intramolecular Hbond substituents is 2. The summed E-state index contributed by atoms with van der Waals surface area (Å²) in [5, 5.41) is 29.0. The number of hydrogen-bond donors (Lipinski definition) is 3. The molecule has 0 unspecified atom stereocenters. The van der Waals surface area contributed by atoms with E-state index in [1.165, 1.54) is 31.4 Å². The van der Waals surface area contributed by atoms with Crippen molar-refractivity contribution in [3.63, 3.8) is 0 Å². The van der Waals surface area contributed by atoms with Crippen LogP contribution in [0.25, 0.3) is 6.08 Å². The number of rotatable bonds is 10. The van der Waals surface area contributed by atoms with E-state index >= 15 is 0 Å². The summed E-state index contributed by atoms with van der Waals surface area (Å²) >= 11 is 0. The van der Waals surface area contributed by atoms with Crippen LogP contribution in [0, 0.1) is 0 Å². The van der Waals surface area contributed by atoms with Crippen LogP contribution < -0.4 is 4.74 Å². The molecule has 0 aromatic heterocycles. The molecule has 6 nitrogen and oxygen atoms in total. The molecule has 0 heterocycles. The number of hydrogen-bond acceptors (Lipinski definition) is 6. The maximum Gasteiger partial charge on any atom is 0.189 e. The fourth-order valence-electron chi connectivity index (χ4n) is 2.97. The Kier molecular flexibility index (Phi) is 8.81. The van der Waals surface area contributed by atoms with Gasteiger partial charge in [-0.2, -0.15) is 0 Å². The molecule has 170 valence electrons. The average Bonchev–Trinajstić information content (AvgIpc) is 2.77. The van der Waals surface area contributed by atoms with Crippen molar-refractivity contribution in [3.05, 3.63) is 83.0 Å². The van der Waals surface area contributed by atoms with E-state index in [1.807, 2.05) is 19.1 Å². The number of allylic oxidation sites excluding steroid dienone is 4. The number of ketones is 1. The number of aromatic hydroxyl groups is 2.